The van der Waals surface area contributed by atoms with Crippen LogP contribution in [0.1, 0.15) is 24.2 Å². The molecule has 0 fully saturated rings. The first-order valence-electron chi connectivity index (χ1n) is 5.61. The summed E-state index contributed by atoms with van der Waals surface area (Å²) >= 11 is 1.56. The van der Waals surface area contributed by atoms with Crippen LogP contribution in [0.25, 0.3) is 0 Å². The number of benzene rings is 1. The lowest BCUT2D eigenvalue weighted by Gasteiger charge is -2.13. The van der Waals surface area contributed by atoms with Gasteiger partial charge in [0.1, 0.15) is 0 Å². The second kappa shape index (κ2) is 6.94. The fourth-order valence-corrected chi connectivity index (χ4v) is 1.18. The van der Waals surface area contributed by atoms with E-state index in [2.05, 4.69) is 15.3 Å². The number of oxime groups is 1. The molecule has 0 radical (unpaired) electrons. The molecule has 0 heterocycles. The Morgan fingerprint density at radius 3 is 2.53 bits per heavy atom. The summed E-state index contributed by atoms with van der Waals surface area (Å²) in [6.07, 6.45) is 2.52. The zero-order chi connectivity index (χ0) is 14.3. The lowest BCUT2D eigenvalue weighted by atomic mass is 10.2. The van der Waals surface area contributed by atoms with Crippen LogP contribution in [0, 0.1) is 0 Å². The van der Waals surface area contributed by atoms with E-state index < -0.39 is 12.0 Å². The molecule has 0 aliphatic rings. The average Bonchev–Trinajstić information content (AvgIpc) is 2.39. The maximum Gasteiger partial charge on any atom is 0.440 e. The van der Waals surface area contributed by atoms with Crippen LogP contribution in [0.5, 0.6) is 0 Å². The first-order valence-corrected chi connectivity index (χ1v) is 6.84. The van der Waals surface area contributed by atoms with Crippen molar-refractivity contribution in [3.63, 3.8) is 0 Å². The molecule has 1 aromatic carbocycles. The number of nitrogens with zero attached hydrogens (tertiary/aromatic N) is 1. The molecule has 0 atom stereocenters. The molecule has 0 saturated carbocycles. The predicted octanol–water partition coefficient (Wildman–Crippen LogP) is 2.68. The predicted molar refractivity (Wildman–Crippen MR) is 76.5 cm³/mol. The summed E-state index contributed by atoms with van der Waals surface area (Å²) in [5.41, 5.74) is 0.382. The lowest BCUT2D eigenvalue weighted by Crippen LogP contribution is -2.30. The fraction of sp³-hybridized carbons (Fsp3) is 0.308. The summed E-state index contributed by atoms with van der Waals surface area (Å²) in [4.78, 5) is 27.5. The number of imide groups is 1. The third kappa shape index (κ3) is 5.56. The highest BCUT2D eigenvalue weighted by molar-refractivity contribution is 8.00. The SMILES string of the molecule is CSC(C)(C)C=NOC(=O)NC(=O)c1ccccc1. The maximum absolute atomic E-state index is 11.6. The van der Waals surface area contributed by atoms with E-state index in [-0.39, 0.29) is 4.75 Å². The largest absolute Gasteiger partial charge is 0.440 e. The molecule has 1 N–H and O–H groups in total. The van der Waals surface area contributed by atoms with Gasteiger partial charge in [0.25, 0.3) is 5.91 Å². The summed E-state index contributed by atoms with van der Waals surface area (Å²) in [5, 5.41) is 5.63. The van der Waals surface area contributed by atoms with Crippen molar-refractivity contribution in [2.45, 2.75) is 18.6 Å². The van der Waals surface area contributed by atoms with Crippen molar-refractivity contribution in [3.8, 4) is 0 Å². The van der Waals surface area contributed by atoms with Crippen LogP contribution in [0.3, 0.4) is 0 Å². The first kappa shape index (κ1) is 15.2. The Morgan fingerprint density at radius 2 is 1.95 bits per heavy atom. The lowest BCUT2D eigenvalue weighted by molar-refractivity contribution is 0.0923. The van der Waals surface area contributed by atoms with Gasteiger partial charge < -0.3 is 0 Å². The summed E-state index contributed by atoms with van der Waals surface area (Å²) in [7, 11) is 0. The summed E-state index contributed by atoms with van der Waals surface area (Å²) in [6, 6.07) is 8.40. The van der Waals surface area contributed by atoms with Crippen molar-refractivity contribution in [1.29, 1.82) is 0 Å². The van der Waals surface area contributed by atoms with E-state index in [4.69, 9.17) is 0 Å². The van der Waals surface area contributed by atoms with Crippen molar-refractivity contribution < 1.29 is 14.4 Å². The molecular weight excluding hydrogens is 264 g/mol. The third-order valence-corrected chi connectivity index (χ3v) is 3.43. The molecule has 0 aliphatic carbocycles. The number of hydrogen-bond acceptors (Lipinski definition) is 5. The molecule has 0 unspecified atom stereocenters. The Morgan fingerprint density at radius 1 is 1.32 bits per heavy atom. The molecule has 0 aromatic heterocycles. The highest BCUT2D eigenvalue weighted by atomic mass is 32.2. The molecule has 0 bridgehead atoms. The van der Waals surface area contributed by atoms with Crippen molar-refractivity contribution in [3.05, 3.63) is 35.9 Å². The van der Waals surface area contributed by atoms with Crippen molar-refractivity contribution in [2.75, 3.05) is 6.26 Å². The second-order valence-electron chi connectivity index (χ2n) is 4.24. The van der Waals surface area contributed by atoms with Crippen molar-refractivity contribution in [2.24, 2.45) is 5.16 Å². The number of nitrogens with one attached hydrogen (secondary N) is 1. The Labute approximate surface area is 116 Å². The minimum atomic E-state index is -0.901. The van der Waals surface area contributed by atoms with Gasteiger partial charge in [-0.15, -0.1) is 0 Å². The van der Waals surface area contributed by atoms with Crippen LogP contribution in [0.15, 0.2) is 35.5 Å². The summed E-state index contributed by atoms with van der Waals surface area (Å²) in [6.45, 7) is 3.86. The highest BCUT2D eigenvalue weighted by Gasteiger charge is 2.14. The molecule has 0 aliphatic heterocycles. The molecule has 0 spiro atoms. The van der Waals surface area contributed by atoms with Gasteiger partial charge in [-0.1, -0.05) is 23.4 Å². The van der Waals surface area contributed by atoms with E-state index in [1.807, 2.05) is 20.1 Å². The zero-order valence-corrected chi connectivity index (χ0v) is 11.9. The minimum Gasteiger partial charge on any atom is -0.298 e. The van der Waals surface area contributed by atoms with Crippen molar-refractivity contribution >= 4 is 30.0 Å². The maximum atomic E-state index is 11.6. The van der Waals surface area contributed by atoms with Gasteiger partial charge >= 0.3 is 6.09 Å². The molecule has 2 amide bonds. The van der Waals surface area contributed by atoms with Gasteiger partial charge in [-0.25, -0.2) is 4.79 Å². The number of thioether (sulfide) groups is 1. The van der Waals surface area contributed by atoms with E-state index in [1.165, 1.54) is 6.21 Å². The topological polar surface area (TPSA) is 67.8 Å². The Hall–Kier alpha value is -1.82. The van der Waals surface area contributed by atoms with Crippen LogP contribution in [-0.4, -0.2) is 29.2 Å². The quantitative estimate of drug-likeness (QED) is 0.523. The molecule has 5 nitrogen and oxygen atoms in total. The van der Waals surface area contributed by atoms with E-state index in [0.717, 1.165) is 0 Å². The normalized spacial score (nSPS) is 11.3. The first-order chi connectivity index (χ1) is 8.94. The molecule has 6 heteroatoms. The zero-order valence-electron chi connectivity index (χ0n) is 11.0. The Balaban J connectivity index is 2.46. The summed E-state index contributed by atoms with van der Waals surface area (Å²) < 4.78 is -0.232. The van der Waals surface area contributed by atoms with Crippen LogP contribution in [0.2, 0.25) is 0 Å². The molecule has 1 aromatic rings. The van der Waals surface area contributed by atoms with Crippen LogP contribution >= 0.6 is 11.8 Å². The smallest absolute Gasteiger partial charge is 0.298 e. The highest BCUT2D eigenvalue weighted by Crippen LogP contribution is 2.17. The minimum absolute atomic E-state index is 0.232. The van der Waals surface area contributed by atoms with Crippen LogP contribution in [0.4, 0.5) is 4.79 Å². The van der Waals surface area contributed by atoms with E-state index in [9.17, 15) is 9.59 Å². The van der Waals surface area contributed by atoms with Crippen LogP contribution < -0.4 is 5.32 Å². The number of carbonyl (C=O) groups is 2. The monoisotopic (exact) mass is 280 g/mol. The average molecular weight is 280 g/mol. The number of rotatable bonds is 4. The molecule has 1 rings (SSSR count). The van der Waals surface area contributed by atoms with Gasteiger partial charge in [-0.2, -0.15) is 11.8 Å². The Bertz CT molecular complexity index is 472. The van der Waals surface area contributed by atoms with Gasteiger partial charge in [0.15, 0.2) is 0 Å². The van der Waals surface area contributed by atoms with E-state index in [1.54, 1.807) is 42.1 Å². The van der Waals surface area contributed by atoms with Gasteiger partial charge in [0, 0.05) is 10.3 Å². The molecule has 19 heavy (non-hydrogen) atoms. The van der Waals surface area contributed by atoms with Gasteiger partial charge in [-0.05, 0) is 32.2 Å². The van der Waals surface area contributed by atoms with Crippen LogP contribution in [-0.2, 0) is 4.84 Å². The third-order valence-electron chi connectivity index (χ3n) is 2.28. The number of hydrogen-bond donors (Lipinski definition) is 1. The fourth-order valence-electron chi connectivity index (χ4n) is 1.03. The van der Waals surface area contributed by atoms with Crippen molar-refractivity contribution in [1.82, 2.24) is 5.32 Å². The van der Waals surface area contributed by atoms with E-state index >= 15 is 0 Å². The molecule has 0 saturated heterocycles. The van der Waals surface area contributed by atoms with Gasteiger partial charge in [0.2, 0.25) is 0 Å². The van der Waals surface area contributed by atoms with Gasteiger partial charge in [0.05, 0.1) is 6.21 Å². The second-order valence-corrected chi connectivity index (χ2v) is 5.70. The molecular formula is C13H16N2O3S. The molecule has 102 valence electrons. The standard InChI is InChI=1S/C13H16N2O3S/c1-13(2,19-3)9-14-18-12(17)15-11(16)10-7-5-4-6-8-10/h4-9H,1-3H3,(H,15,16,17). The number of amides is 2. The number of carbonyl (C=O) groups excluding carboxylic acids is 2. The van der Waals surface area contributed by atoms with Gasteiger partial charge in [-0.3, -0.25) is 14.9 Å². The summed E-state index contributed by atoms with van der Waals surface area (Å²) in [5.74, 6) is -0.523. The Kier molecular flexibility index (Phi) is 5.57. The van der Waals surface area contributed by atoms with E-state index in [0.29, 0.717) is 5.56 Å².